The Hall–Kier alpha value is -2.01. The maximum Gasteiger partial charge on any atom is 0.253 e. The topological polar surface area (TPSA) is 50.8 Å². The monoisotopic (exact) mass is 288 g/mol. The van der Waals surface area contributed by atoms with Gasteiger partial charge in [0.05, 0.1) is 12.7 Å². The Morgan fingerprint density at radius 3 is 3.10 bits per heavy atom. The molecule has 1 atom stereocenters. The van der Waals surface area contributed by atoms with Crippen LogP contribution < -0.4 is 14.8 Å². The molecule has 1 saturated heterocycles. The van der Waals surface area contributed by atoms with Crippen LogP contribution in [-0.2, 0) is 4.79 Å². The van der Waals surface area contributed by atoms with E-state index >= 15 is 0 Å². The number of fused-ring (bicyclic) bond motifs is 1. The SMILES string of the molecule is COc1cccc2c1OCC(C(=O)N1CCNCC1C)=C2. The average molecular weight is 288 g/mol. The minimum atomic E-state index is 0.0671. The molecule has 0 spiro atoms. The summed E-state index contributed by atoms with van der Waals surface area (Å²) in [7, 11) is 1.62. The standard InChI is InChI=1S/C16H20N2O3/c1-11-9-17-6-7-18(11)16(19)13-8-12-4-3-5-14(20-2)15(12)21-10-13/h3-5,8,11,17H,6-7,9-10H2,1-2H3. The number of carbonyl (C=O) groups is 1. The van der Waals surface area contributed by atoms with Crippen LogP contribution in [0.25, 0.3) is 6.08 Å². The lowest BCUT2D eigenvalue weighted by Crippen LogP contribution is -2.53. The molecular formula is C16H20N2O3. The smallest absolute Gasteiger partial charge is 0.253 e. The van der Waals surface area contributed by atoms with E-state index in [0.29, 0.717) is 23.7 Å². The van der Waals surface area contributed by atoms with Crippen molar-refractivity contribution in [2.45, 2.75) is 13.0 Å². The third-order valence-corrected chi connectivity index (χ3v) is 3.97. The Morgan fingerprint density at radius 2 is 2.33 bits per heavy atom. The van der Waals surface area contributed by atoms with E-state index in [1.54, 1.807) is 7.11 Å². The molecule has 2 aliphatic rings. The number of amides is 1. The van der Waals surface area contributed by atoms with Gasteiger partial charge in [-0.3, -0.25) is 4.79 Å². The number of benzene rings is 1. The quantitative estimate of drug-likeness (QED) is 0.891. The Morgan fingerprint density at radius 1 is 1.48 bits per heavy atom. The minimum absolute atomic E-state index is 0.0671. The number of nitrogens with one attached hydrogen (secondary N) is 1. The fourth-order valence-electron chi connectivity index (χ4n) is 2.79. The Labute approximate surface area is 124 Å². The van der Waals surface area contributed by atoms with Gasteiger partial charge < -0.3 is 19.7 Å². The van der Waals surface area contributed by atoms with Crippen LogP contribution in [0.1, 0.15) is 12.5 Å². The van der Waals surface area contributed by atoms with E-state index in [4.69, 9.17) is 9.47 Å². The van der Waals surface area contributed by atoms with Crippen LogP contribution in [-0.4, -0.2) is 50.2 Å². The van der Waals surface area contributed by atoms with Crippen LogP contribution in [0.4, 0.5) is 0 Å². The summed E-state index contributed by atoms with van der Waals surface area (Å²) >= 11 is 0. The fourth-order valence-corrected chi connectivity index (χ4v) is 2.79. The molecule has 2 heterocycles. The minimum Gasteiger partial charge on any atom is -0.493 e. The van der Waals surface area contributed by atoms with E-state index < -0.39 is 0 Å². The molecule has 0 bridgehead atoms. The van der Waals surface area contributed by atoms with Crippen molar-refractivity contribution >= 4 is 12.0 Å². The van der Waals surface area contributed by atoms with E-state index in [2.05, 4.69) is 12.2 Å². The number of ether oxygens (including phenoxy) is 2. The molecule has 0 aliphatic carbocycles. The molecule has 1 amide bonds. The number of hydrogen-bond acceptors (Lipinski definition) is 4. The van der Waals surface area contributed by atoms with E-state index in [1.165, 1.54) is 0 Å². The summed E-state index contributed by atoms with van der Waals surface area (Å²) in [5, 5.41) is 3.29. The van der Waals surface area contributed by atoms with Crippen molar-refractivity contribution < 1.29 is 14.3 Å². The molecular weight excluding hydrogens is 268 g/mol. The van der Waals surface area contributed by atoms with E-state index in [1.807, 2.05) is 29.2 Å². The summed E-state index contributed by atoms with van der Waals surface area (Å²) < 4.78 is 11.0. The molecule has 5 nitrogen and oxygen atoms in total. The van der Waals surface area contributed by atoms with Gasteiger partial charge in [-0.2, -0.15) is 0 Å². The van der Waals surface area contributed by atoms with Gasteiger partial charge in [0, 0.05) is 31.2 Å². The van der Waals surface area contributed by atoms with Crippen molar-refractivity contribution in [3.8, 4) is 11.5 Å². The maximum atomic E-state index is 12.6. The molecule has 0 aromatic heterocycles. The van der Waals surface area contributed by atoms with Crippen LogP contribution in [0, 0.1) is 0 Å². The molecule has 112 valence electrons. The second-order valence-corrected chi connectivity index (χ2v) is 5.39. The van der Waals surface area contributed by atoms with Gasteiger partial charge in [0.2, 0.25) is 0 Å². The van der Waals surface area contributed by atoms with Crippen LogP contribution in [0.5, 0.6) is 11.5 Å². The lowest BCUT2D eigenvalue weighted by Gasteiger charge is -2.35. The Balaban J connectivity index is 1.86. The molecule has 1 fully saturated rings. The van der Waals surface area contributed by atoms with Gasteiger partial charge >= 0.3 is 0 Å². The second kappa shape index (κ2) is 5.77. The number of para-hydroxylation sites is 1. The maximum absolute atomic E-state index is 12.6. The summed E-state index contributed by atoms with van der Waals surface area (Å²) in [6, 6.07) is 5.90. The van der Waals surface area contributed by atoms with Crippen LogP contribution in [0.15, 0.2) is 23.8 Å². The zero-order chi connectivity index (χ0) is 14.8. The fraction of sp³-hybridized carbons (Fsp3) is 0.438. The molecule has 1 N–H and O–H groups in total. The molecule has 1 aromatic carbocycles. The zero-order valence-corrected chi connectivity index (χ0v) is 12.4. The Kier molecular flexibility index (Phi) is 3.84. The van der Waals surface area contributed by atoms with Gasteiger partial charge in [-0.05, 0) is 19.1 Å². The number of rotatable bonds is 2. The largest absolute Gasteiger partial charge is 0.493 e. The summed E-state index contributed by atoms with van der Waals surface area (Å²) in [6.07, 6.45) is 1.92. The highest BCUT2D eigenvalue weighted by atomic mass is 16.5. The van der Waals surface area contributed by atoms with Gasteiger partial charge in [0.15, 0.2) is 11.5 Å². The number of nitrogens with zero attached hydrogens (tertiary/aromatic N) is 1. The van der Waals surface area contributed by atoms with Crippen LogP contribution in [0.3, 0.4) is 0 Å². The van der Waals surface area contributed by atoms with E-state index in [9.17, 15) is 4.79 Å². The molecule has 2 aliphatic heterocycles. The number of piperazine rings is 1. The molecule has 1 aromatic rings. The first kappa shape index (κ1) is 13.9. The third kappa shape index (κ3) is 2.61. The van der Waals surface area contributed by atoms with Crippen molar-refractivity contribution in [3.63, 3.8) is 0 Å². The number of carbonyl (C=O) groups excluding carboxylic acids is 1. The third-order valence-electron chi connectivity index (χ3n) is 3.97. The van der Waals surface area contributed by atoms with E-state index in [-0.39, 0.29) is 11.9 Å². The first-order valence-electron chi connectivity index (χ1n) is 7.22. The summed E-state index contributed by atoms with van der Waals surface area (Å²) in [4.78, 5) is 14.6. The van der Waals surface area contributed by atoms with Gasteiger partial charge in [-0.1, -0.05) is 12.1 Å². The van der Waals surface area contributed by atoms with Crippen LogP contribution >= 0.6 is 0 Å². The summed E-state index contributed by atoms with van der Waals surface area (Å²) in [5.74, 6) is 1.48. The molecule has 5 heteroatoms. The molecule has 1 unspecified atom stereocenters. The first-order valence-corrected chi connectivity index (χ1v) is 7.22. The molecule has 0 saturated carbocycles. The van der Waals surface area contributed by atoms with Gasteiger partial charge in [-0.15, -0.1) is 0 Å². The van der Waals surface area contributed by atoms with Crippen LogP contribution in [0.2, 0.25) is 0 Å². The van der Waals surface area contributed by atoms with Crippen molar-refractivity contribution in [1.29, 1.82) is 0 Å². The predicted octanol–water partition coefficient (Wildman–Crippen LogP) is 1.29. The lowest BCUT2D eigenvalue weighted by atomic mass is 10.0. The molecule has 21 heavy (non-hydrogen) atoms. The van der Waals surface area contributed by atoms with E-state index in [0.717, 1.165) is 25.2 Å². The van der Waals surface area contributed by atoms with Crippen molar-refractivity contribution in [3.05, 3.63) is 29.3 Å². The molecule has 3 rings (SSSR count). The highest BCUT2D eigenvalue weighted by Gasteiger charge is 2.28. The lowest BCUT2D eigenvalue weighted by molar-refractivity contribution is -0.130. The normalized spacial score (nSPS) is 21.1. The zero-order valence-electron chi connectivity index (χ0n) is 12.4. The summed E-state index contributed by atoms with van der Waals surface area (Å²) in [6.45, 7) is 4.77. The van der Waals surface area contributed by atoms with Crippen molar-refractivity contribution in [1.82, 2.24) is 10.2 Å². The highest BCUT2D eigenvalue weighted by molar-refractivity contribution is 5.99. The first-order chi connectivity index (χ1) is 10.2. The van der Waals surface area contributed by atoms with Crippen molar-refractivity contribution in [2.75, 3.05) is 33.4 Å². The Bertz CT molecular complexity index is 583. The highest BCUT2D eigenvalue weighted by Crippen LogP contribution is 2.35. The van der Waals surface area contributed by atoms with Gasteiger partial charge in [-0.25, -0.2) is 0 Å². The van der Waals surface area contributed by atoms with Gasteiger partial charge in [0.1, 0.15) is 6.61 Å². The van der Waals surface area contributed by atoms with Crippen molar-refractivity contribution in [2.24, 2.45) is 0 Å². The molecule has 0 radical (unpaired) electrons. The number of methoxy groups -OCH3 is 1. The summed E-state index contributed by atoms with van der Waals surface area (Å²) in [5.41, 5.74) is 1.59. The second-order valence-electron chi connectivity index (χ2n) is 5.39. The van der Waals surface area contributed by atoms with Gasteiger partial charge in [0.25, 0.3) is 5.91 Å². The average Bonchev–Trinajstić information content (AvgIpc) is 2.53. The number of hydrogen-bond donors (Lipinski definition) is 1. The predicted molar refractivity (Wildman–Crippen MR) is 80.5 cm³/mol.